The van der Waals surface area contributed by atoms with E-state index in [0.29, 0.717) is 29.9 Å². The molecule has 1 fully saturated rings. The molecular weight excluding hydrogens is 454 g/mol. The van der Waals surface area contributed by atoms with E-state index in [4.69, 9.17) is 4.84 Å². The van der Waals surface area contributed by atoms with E-state index in [1.165, 1.54) is 35.5 Å². The summed E-state index contributed by atoms with van der Waals surface area (Å²) in [7, 11) is -3.96. The SMILES string of the molecule is CC(=O)NCC1CC(c2ccc(N3CCN(S(=O)(=O)c4ccccc4F)CC3)c(F)c2)=NO1. The van der Waals surface area contributed by atoms with Crippen molar-refractivity contribution in [2.75, 3.05) is 37.6 Å². The predicted octanol–water partition coefficient (Wildman–Crippen LogP) is 2.10. The topological polar surface area (TPSA) is 91.3 Å². The lowest BCUT2D eigenvalue weighted by Crippen LogP contribution is -2.49. The van der Waals surface area contributed by atoms with Gasteiger partial charge in [0.25, 0.3) is 0 Å². The lowest BCUT2D eigenvalue weighted by Gasteiger charge is -2.35. The standard InChI is InChI=1S/C22H24F2N4O4S/c1-15(29)25-14-17-13-20(26-32-17)16-6-7-21(19(24)12-16)27-8-10-28(11-9-27)33(30,31)22-5-3-2-4-18(22)23/h2-7,12,17H,8-11,13-14H2,1H3,(H,25,29). The molecule has 0 bridgehead atoms. The summed E-state index contributed by atoms with van der Waals surface area (Å²) in [6.07, 6.45) is 0.155. The van der Waals surface area contributed by atoms with Gasteiger partial charge in [-0.1, -0.05) is 23.4 Å². The number of nitrogens with zero attached hydrogens (tertiary/aromatic N) is 3. The highest BCUT2D eigenvalue weighted by molar-refractivity contribution is 7.89. The van der Waals surface area contributed by atoms with E-state index in [0.717, 1.165) is 6.07 Å². The van der Waals surface area contributed by atoms with Gasteiger partial charge >= 0.3 is 0 Å². The molecule has 1 amide bonds. The Morgan fingerprint density at radius 2 is 1.85 bits per heavy atom. The van der Waals surface area contributed by atoms with Crippen LogP contribution in [0.25, 0.3) is 0 Å². The maximum atomic E-state index is 14.9. The van der Waals surface area contributed by atoms with Gasteiger partial charge < -0.3 is 15.1 Å². The van der Waals surface area contributed by atoms with Crippen LogP contribution in [0.4, 0.5) is 14.5 Å². The molecule has 0 saturated carbocycles. The number of piperazine rings is 1. The van der Waals surface area contributed by atoms with E-state index in [1.807, 2.05) is 0 Å². The van der Waals surface area contributed by atoms with Gasteiger partial charge in [0.1, 0.15) is 22.6 Å². The van der Waals surface area contributed by atoms with E-state index in [-0.39, 0.29) is 43.1 Å². The van der Waals surface area contributed by atoms with Crippen LogP contribution in [0, 0.1) is 11.6 Å². The Hall–Kier alpha value is -3.05. The number of carbonyl (C=O) groups is 1. The molecule has 0 spiro atoms. The number of nitrogens with one attached hydrogen (secondary N) is 1. The van der Waals surface area contributed by atoms with Gasteiger partial charge in [0.2, 0.25) is 15.9 Å². The fourth-order valence-corrected chi connectivity index (χ4v) is 5.36. The fraction of sp³-hybridized carbons (Fsp3) is 0.364. The van der Waals surface area contributed by atoms with Crippen LogP contribution >= 0.6 is 0 Å². The van der Waals surface area contributed by atoms with Crippen molar-refractivity contribution < 1.29 is 26.8 Å². The molecule has 0 radical (unpaired) electrons. The van der Waals surface area contributed by atoms with Crippen LogP contribution in [-0.4, -0.2) is 63.2 Å². The van der Waals surface area contributed by atoms with E-state index < -0.39 is 21.7 Å². The number of hydrogen-bond donors (Lipinski definition) is 1. The third-order valence-corrected chi connectivity index (χ3v) is 7.56. The van der Waals surface area contributed by atoms with Crippen molar-refractivity contribution in [2.24, 2.45) is 5.16 Å². The summed E-state index contributed by atoms with van der Waals surface area (Å²) in [5, 5.41) is 6.67. The van der Waals surface area contributed by atoms with Crippen LogP contribution in [-0.2, 0) is 19.7 Å². The Morgan fingerprint density at radius 3 is 2.52 bits per heavy atom. The van der Waals surface area contributed by atoms with Crippen LogP contribution in [0.2, 0.25) is 0 Å². The number of oxime groups is 1. The Kier molecular flexibility index (Phi) is 6.61. The van der Waals surface area contributed by atoms with Crippen LogP contribution in [0.15, 0.2) is 52.5 Å². The normalized spacial score (nSPS) is 19.2. The molecule has 2 aromatic carbocycles. The minimum absolute atomic E-state index is 0.114. The molecule has 2 aliphatic heterocycles. The number of halogens is 2. The smallest absolute Gasteiger partial charge is 0.246 e. The van der Waals surface area contributed by atoms with Gasteiger partial charge in [-0.05, 0) is 24.3 Å². The molecule has 176 valence electrons. The zero-order valence-electron chi connectivity index (χ0n) is 18.0. The van der Waals surface area contributed by atoms with Crippen molar-refractivity contribution in [3.63, 3.8) is 0 Å². The number of amides is 1. The van der Waals surface area contributed by atoms with Crippen LogP contribution in [0.5, 0.6) is 0 Å². The zero-order chi connectivity index (χ0) is 23.6. The average Bonchev–Trinajstić information content (AvgIpc) is 3.27. The molecular formula is C22H24F2N4O4S. The first-order valence-electron chi connectivity index (χ1n) is 10.5. The summed E-state index contributed by atoms with van der Waals surface area (Å²) in [5.41, 5.74) is 1.54. The van der Waals surface area contributed by atoms with E-state index >= 15 is 0 Å². The quantitative estimate of drug-likeness (QED) is 0.687. The molecule has 4 rings (SSSR count). The largest absolute Gasteiger partial charge is 0.390 e. The van der Waals surface area contributed by atoms with Crippen LogP contribution in [0.1, 0.15) is 18.9 Å². The molecule has 8 nitrogen and oxygen atoms in total. The Labute approximate surface area is 190 Å². The summed E-state index contributed by atoms with van der Waals surface area (Å²) in [5.74, 6) is -1.41. The van der Waals surface area contributed by atoms with Gasteiger partial charge in [0.05, 0.1) is 17.9 Å². The Balaban J connectivity index is 1.39. The highest BCUT2D eigenvalue weighted by Crippen LogP contribution is 2.26. The van der Waals surface area contributed by atoms with E-state index in [2.05, 4.69) is 10.5 Å². The maximum Gasteiger partial charge on any atom is 0.246 e. The lowest BCUT2D eigenvalue weighted by atomic mass is 10.0. The average molecular weight is 479 g/mol. The third-order valence-electron chi connectivity index (χ3n) is 5.63. The molecule has 0 aliphatic carbocycles. The molecule has 1 saturated heterocycles. The molecule has 1 atom stereocenters. The number of carbonyl (C=O) groups excluding carboxylic acids is 1. The van der Waals surface area contributed by atoms with Crippen molar-refractivity contribution >= 4 is 27.3 Å². The molecule has 33 heavy (non-hydrogen) atoms. The van der Waals surface area contributed by atoms with Crippen molar-refractivity contribution in [3.05, 3.63) is 59.7 Å². The van der Waals surface area contributed by atoms with Crippen molar-refractivity contribution in [1.82, 2.24) is 9.62 Å². The second-order valence-electron chi connectivity index (χ2n) is 7.89. The van der Waals surface area contributed by atoms with E-state index in [1.54, 1.807) is 17.0 Å². The highest BCUT2D eigenvalue weighted by atomic mass is 32.2. The van der Waals surface area contributed by atoms with Gasteiger partial charge in [-0.25, -0.2) is 17.2 Å². The summed E-state index contributed by atoms with van der Waals surface area (Å²) in [6.45, 7) is 2.51. The van der Waals surface area contributed by atoms with E-state index in [9.17, 15) is 22.0 Å². The van der Waals surface area contributed by atoms with Gasteiger partial charge in [0.15, 0.2) is 0 Å². The lowest BCUT2D eigenvalue weighted by molar-refractivity contribution is -0.119. The summed E-state index contributed by atoms with van der Waals surface area (Å²) < 4.78 is 55.7. The Bertz CT molecular complexity index is 1180. The van der Waals surface area contributed by atoms with Crippen LogP contribution < -0.4 is 10.2 Å². The zero-order valence-corrected chi connectivity index (χ0v) is 18.8. The first-order chi connectivity index (χ1) is 15.8. The molecule has 2 aromatic rings. The number of hydrogen-bond acceptors (Lipinski definition) is 6. The molecule has 2 heterocycles. The minimum atomic E-state index is -3.96. The van der Waals surface area contributed by atoms with Crippen molar-refractivity contribution in [3.8, 4) is 0 Å². The predicted molar refractivity (Wildman–Crippen MR) is 118 cm³/mol. The third kappa shape index (κ3) is 4.98. The van der Waals surface area contributed by atoms with Crippen LogP contribution in [0.3, 0.4) is 0 Å². The second kappa shape index (κ2) is 9.44. The molecule has 2 aliphatic rings. The molecule has 11 heteroatoms. The number of sulfonamides is 1. The summed E-state index contributed by atoms with van der Waals surface area (Å²) in [6, 6.07) is 10.0. The fourth-order valence-electron chi connectivity index (χ4n) is 3.87. The second-order valence-corrected chi connectivity index (χ2v) is 9.80. The maximum absolute atomic E-state index is 14.9. The van der Waals surface area contributed by atoms with Gasteiger partial charge in [0, 0.05) is 45.1 Å². The number of benzene rings is 2. The minimum Gasteiger partial charge on any atom is -0.390 e. The number of anilines is 1. The van der Waals surface area contributed by atoms with Gasteiger partial charge in [-0.15, -0.1) is 0 Å². The monoisotopic (exact) mass is 478 g/mol. The summed E-state index contributed by atoms with van der Waals surface area (Å²) in [4.78, 5) is 17.7. The Morgan fingerprint density at radius 1 is 1.12 bits per heavy atom. The summed E-state index contributed by atoms with van der Waals surface area (Å²) >= 11 is 0. The van der Waals surface area contributed by atoms with Crippen molar-refractivity contribution in [2.45, 2.75) is 24.3 Å². The van der Waals surface area contributed by atoms with Gasteiger partial charge in [-0.2, -0.15) is 4.31 Å². The molecule has 1 N–H and O–H groups in total. The first-order valence-corrected chi connectivity index (χ1v) is 12.0. The highest BCUT2D eigenvalue weighted by Gasteiger charge is 2.31. The first kappa shape index (κ1) is 23.1. The molecule has 0 aromatic heterocycles. The number of rotatable bonds is 6. The van der Waals surface area contributed by atoms with Crippen molar-refractivity contribution in [1.29, 1.82) is 0 Å². The van der Waals surface area contributed by atoms with Gasteiger partial charge in [-0.3, -0.25) is 4.79 Å². The molecule has 1 unspecified atom stereocenters.